The Bertz CT molecular complexity index is 788. The van der Waals surface area contributed by atoms with Gasteiger partial charge in [0.25, 0.3) is 0 Å². The maximum absolute atomic E-state index is 12.2. The van der Waals surface area contributed by atoms with Crippen LogP contribution in [0.3, 0.4) is 0 Å². The van der Waals surface area contributed by atoms with Crippen LogP contribution in [-0.2, 0) is 24.2 Å². The second-order valence-electron chi connectivity index (χ2n) is 6.46. The summed E-state index contributed by atoms with van der Waals surface area (Å²) in [6.07, 6.45) is 0.974. The molecule has 0 bridgehead atoms. The van der Waals surface area contributed by atoms with E-state index in [1.807, 2.05) is 6.92 Å². The number of benzene rings is 1. The van der Waals surface area contributed by atoms with Crippen LogP contribution in [0.2, 0.25) is 0 Å². The molecular formula is C17H22N2O6S. The largest absolute Gasteiger partial charge is 0.481 e. The van der Waals surface area contributed by atoms with Crippen LogP contribution in [0.1, 0.15) is 18.4 Å². The number of carboxylic acids is 1. The van der Waals surface area contributed by atoms with Gasteiger partial charge in [0.05, 0.1) is 5.92 Å². The number of aliphatic carboxylic acids is 1. The van der Waals surface area contributed by atoms with E-state index in [1.54, 1.807) is 24.3 Å². The Morgan fingerprint density at radius 3 is 2.46 bits per heavy atom. The lowest BCUT2D eigenvalue weighted by Gasteiger charge is -2.30. The van der Waals surface area contributed by atoms with Crippen molar-refractivity contribution < 1.29 is 27.9 Å². The normalized spacial score (nSPS) is 17.6. The van der Waals surface area contributed by atoms with Crippen molar-refractivity contribution >= 4 is 33.3 Å². The van der Waals surface area contributed by atoms with Crippen LogP contribution < -0.4 is 5.32 Å². The Labute approximate surface area is 152 Å². The molecule has 0 spiro atoms. The predicted molar refractivity (Wildman–Crippen MR) is 95.4 cm³/mol. The Hall–Kier alpha value is -2.42. The fraction of sp³-hybridized carbons (Fsp3) is 0.471. The Morgan fingerprint density at radius 1 is 1.19 bits per heavy atom. The van der Waals surface area contributed by atoms with Crippen LogP contribution in [0.15, 0.2) is 24.3 Å². The van der Waals surface area contributed by atoms with Gasteiger partial charge in [-0.25, -0.2) is 8.42 Å². The molecule has 1 atom stereocenters. The number of amides is 2. The molecule has 8 nitrogen and oxygen atoms in total. The van der Waals surface area contributed by atoms with E-state index in [2.05, 4.69) is 5.32 Å². The van der Waals surface area contributed by atoms with E-state index in [0.29, 0.717) is 25.1 Å². The molecule has 2 N–H and O–H groups in total. The fourth-order valence-corrected chi connectivity index (χ4v) is 3.90. The number of likely N-dealkylation sites (tertiary alicyclic amines) is 1. The number of carbonyl (C=O) groups is 3. The van der Waals surface area contributed by atoms with Gasteiger partial charge in [0.1, 0.15) is 11.5 Å². The average Bonchev–Trinajstić information content (AvgIpc) is 2.56. The minimum absolute atomic E-state index is 0.000745. The third kappa shape index (κ3) is 5.83. The van der Waals surface area contributed by atoms with E-state index >= 15 is 0 Å². The van der Waals surface area contributed by atoms with Crippen molar-refractivity contribution in [3.8, 4) is 0 Å². The van der Waals surface area contributed by atoms with Crippen molar-refractivity contribution in [2.45, 2.75) is 19.8 Å². The molecule has 1 aliphatic rings. The summed E-state index contributed by atoms with van der Waals surface area (Å²) in [5, 5.41) is 11.5. The molecule has 0 radical (unpaired) electrons. The maximum atomic E-state index is 12.2. The van der Waals surface area contributed by atoms with E-state index < -0.39 is 45.0 Å². The number of hydrogen-bond donors (Lipinski definition) is 2. The Morgan fingerprint density at radius 2 is 1.85 bits per heavy atom. The third-order valence-corrected chi connectivity index (χ3v) is 5.54. The third-order valence-electron chi connectivity index (χ3n) is 4.15. The number of carboxylic acid groups (broad SMARTS) is 1. The highest BCUT2D eigenvalue weighted by molar-refractivity contribution is 7.92. The van der Waals surface area contributed by atoms with Gasteiger partial charge >= 0.3 is 5.97 Å². The quantitative estimate of drug-likeness (QED) is 0.746. The van der Waals surface area contributed by atoms with Gasteiger partial charge in [0.15, 0.2) is 9.84 Å². The molecule has 1 fully saturated rings. The average molecular weight is 382 g/mol. The number of hydrogen-bond acceptors (Lipinski definition) is 5. The smallest absolute Gasteiger partial charge is 0.308 e. The second-order valence-corrected chi connectivity index (χ2v) is 8.53. The molecule has 1 aromatic carbocycles. The SMILES string of the molecule is Cc1ccc(NC(=O)CS(=O)(=O)CC(=O)N2CCCC(C(=O)O)C2)cc1. The molecule has 0 saturated carbocycles. The number of nitrogens with one attached hydrogen (secondary N) is 1. The Balaban J connectivity index is 1.90. The van der Waals surface area contributed by atoms with Gasteiger partial charge in [-0.05, 0) is 31.9 Å². The molecule has 1 aliphatic heterocycles. The van der Waals surface area contributed by atoms with Crippen LogP contribution in [0, 0.1) is 12.8 Å². The minimum atomic E-state index is -3.95. The minimum Gasteiger partial charge on any atom is -0.481 e. The summed E-state index contributed by atoms with van der Waals surface area (Å²) in [7, 11) is -3.95. The van der Waals surface area contributed by atoms with E-state index in [-0.39, 0.29) is 6.54 Å². The van der Waals surface area contributed by atoms with Crippen LogP contribution in [0.4, 0.5) is 5.69 Å². The molecule has 1 heterocycles. The van der Waals surface area contributed by atoms with Gasteiger partial charge in [-0.3, -0.25) is 14.4 Å². The first-order valence-electron chi connectivity index (χ1n) is 8.24. The number of sulfone groups is 1. The summed E-state index contributed by atoms with van der Waals surface area (Å²) in [6.45, 7) is 2.21. The van der Waals surface area contributed by atoms with Gasteiger partial charge in [-0.15, -0.1) is 0 Å². The summed E-state index contributed by atoms with van der Waals surface area (Å²) in [4.78, 5) is 36.4. The predicted octanol–water partition coefficient (Wildman–Crippen LogP) is 0.672. The molecule has 0 aromatic heterocycles. The molecule has 2 amide bonds. The zero-order valence-corrected chi connectivity index (χ0v) is 15.3. The molecular weight excluding hydrogens is 360 g/mol. The molecule has 1 saturated heterocycles. The number of rotatable bonds is 6. The first-order valence-corrected chi connectivity index (χ1v) is 10.1. The van der Waals surface area contributed by atoms with Crippen molar-refractivity contribution in [2.75, 3.05) is 29.9 Å². The number of aryl methyl sites for hydroxylation is 1. The summed E-state index contributed by atoms with van der Waals surface area (Å²) in [6, 6.07) is 6.88. The number of carbonyl (C=O) groups excluding carboxylic acids is 2. The highest BCUT2D eigenvalue weighted by Gasteiger charge is 2.30. The van der Waals surface area contributed by atoms with Crippen LogP contribution in [0.5, 0.6) is 0 Å². The molecule has 2 rings (SSSR count). The van der Waals surface area contributed by atoms with Gasteiger partial charge in [0.2, 0.25) is 11.8 Å². The van der Waals surface area contributed by atoms with E-state index in [1.165, 1.54) is 4.90 Å². The number of piperidine rings is 1. The van der Waals surface area contributed by atoms with Gasteiger partial charge in [-0.2, -0.15) is 0 Å². The number of nitrogens with zero attached hydrogens (tertiary/aromatic N) is 1. The summed E-state index contributed by atoms with van der Waals surface area (Å²) in [5.74, 6) is -4.67. The topological polar surface area (TPSA) is 121 Å². The van der Waals surface area contributed by atoms with E-state index in [9.17, 15) is 22.8 Å². The molecule has 1 aromatic rings. The van der Waals surface area contributed by atoms with Crippen molar-refractivity contribution in [1.82, 2.24) is 4.90 Å². The standard InChI is InChI=1S/C17H22N2O6S/c1-12-4-6-14(7-5-12)18-15(20)10-26(24,25)11-16(21)19-8-2-3-13(9-19)17(22)23/h4-7,13H,2-3,8-11H2,1H3,(H,18,20)(H,22,23). The van der Waals surface area contributed by atoms with Gasteiger partial charge in [-0.1, -0.05) is 17.7 Å². The van der Waals surface area contributed by atoms with Crippen molar-refractivity contribution in [1.29, 1.82) is 0 Å². The summed E-state index contributed by atoms with van der Waals surface area (Å²) < 4.78 is 24.3. The lowest BCUT2D eigenvalue weighted by molar-refractivity contribution is -0.145. The molecule has 0 aliphatic carbocycles. The highest BCUT2D eigenvalue weighted by Crippen LogP contribution is 2.17. The zero-order valence-electron chi connectivity index (χ0n) is 14.5. The summed E-state index contributed by atoms with van der Waals surface area (Å²) >= 11 is 0. The first kappa shape index (κ1) is 19.9. The van der Waals surface area contributed by atoms with Crippen molar-refractivity contribution in [2.24, 2.45) is 5.92 Å². The van der Waals surface area contributed by atoms with E-state index in [0.717, 1.165) is 5.56 Å². The van der Waals surface area contributed by atoms with Crippen molar-refractivity contribution in [3.05, 3.63) is 29.8 Å². The monoisotopic (exact) mass is 382 g/mol. The van der Waals surface area contributed by atoms with Crippen molar-refractivity contribution in [3.63, 3.8) is 0 Å². The molecule has 26 heavy (non-hydrogen) atoms. The number of anilines is 1. The Kier molecular flexibility index (Phi) is 6.36. The van der Waals surface area contributed by atoms with Gasteiger partial charge < -0.3 is 15.3 Å². The molecule has 1 unspecified atom stereocenters. The molecule has 142 valence electrons. The van der Waals surface area contributed by atoms with Crippen LogP contribution in [-0.4, -0.2) is 60.8 Å². The second kappa shape index (κ2) is 8.31. The van der Waals surface area contributed by atoms with Gasteiger partial charge in [0, 0.05) is 18.8 Å². The summed E-state index contributed by atoms with van der Waals surface area (Å²) in [5.41, 5.74) is 1.48. The van der Waals surface area contributed by atoms with E-state index in [4.69, 9.17) is 5.11 Å². The zero-order chi connectivity index (χ0) is 19.3. The lowest BCUT2D eigenvalue weighted by Crippen LogP contribution is -2.45. The maximum Gasteiger partial charge on any atom is 0.308 e. The molecule has 9 heteroatoms. The highest BCUT2D eigenvalue weighted by atomic mass is 32.2. The first-order chi connectivity index (χ1) is 12.2. The van der Waals surface area contributed by atoms with Crippen LogP contribution in [0.25, 0.3) is 0 Å². The lowest BCUT2D eigenvalue weighted by atomic mass is 9.98. The van der Waals surface area contributed by atoms with Crippen LogP contribution >= 0.6 is 0 Å². The fourth-order valence-electron chi connectivity index (χ4n) is 2.77.